The Bertz CT molecular complexity index is 2440. The quantitative estimate of drug-likeness (QED) is 0.195. The Morgan fingerprint density at radius 3 is 2.53 bits per heavy atom. The first kappa shape index (κ1) is 29.4. The molecular formula is C44H34N4S. The van der Waals surface area contributed by atoms with Gasteiger partial charge in [-0.25, -0.2) is 10.4 Å². The van der Waals surface area contributed by atoms with E-state index >= 15 is 0 Å². The summed E-state index contributed by atoms with van der Waals surface area (Å²) in [5, 5.41) is 2.64. The third-order valence-corrected chi connectivity index (χ3v) is 10.6. The second-order valence-electron chi connectivity index (χ2n) is 12.6. The van der Waals surface area contributed by atoms with Crippen LogP contribution in [-0.4, -0.2) is 5.84 Å². The van der Waals surface area contributed by atoms with Crippen molar-refractivity contribution in [1.82, 2.24) is 10.9 Å². The first-order valence-electron chi connectivity index (χ1n) is 16.7. The molecule has 4 nitrogen and oxygen atoms in total. The molecule has 1 aliphatic carbocycles. The number of nitrogens with zero attached hydrogens (tertiary/aromatic N) is 2. The number of allylic oxidation sites excluding steroid dienone is 6. The van der Waals surface area contributed by atoms with Gasteiger partial charge in [-0.15, -0.1) is 11.3 Å². The monoisotopic (exact) mass is 650 g/mol. The van der Waals surface area contributed by atoms with E-state index in [1.807, 2.05) is 11.3 Å². The Morgan fingerprint density at radius 1 is 0.755 bits per heavy atom. The van der Waals surface area contributed by atoms with Crippen molar-refractivity contribution in [3.05, 3.63) is 181 Å². The zero-order valence-corrected chi connectivity index (χ0v) is 27.8. The number of rotatable bonds is 5. The van der Waals surface area contributed by atoms with Crippen LogP contribution in [0.15, 0.2) is 169 Å². The van der Waals surface area contributed by atoms with Crippen molar-refractivity contribution in [2.45, 2.75) is 19.0 Å². The first-order chi connectivity index (χ1) is 24.2. The van der Waals surface area contributed by atoms with Gasteiger partial charge < -0.3 is 10.3 Å². The molecule has 0 fully saturated rings. The average molecular weight is 651 g/mol. The maximum absolute atomic E-state index is 4.97. The molecule has 0 radical (unpaired) electrons. The molecule has 6 aromatic rings. The number of fused-ring (bicyclic) bond motifs is 4. The molecule has 0 saturated carbocycles. The summed E-state index contributed by atoms with van der Waals surface area (Å²) in [7, 11) is 0. The largest absolute Gasteiger partial charge is 0.317 e. The lowest BCUT2D eigenvalue weighted by Crippen LogP contribution is -2.32. The van der Waals surface area contributed by atoms with Gasteiger partial charge in [-0.05, 0) is 88.7 Å². The van der Waals surface area contributed by atoms with Crippen LogP contribution in [0.4, 0.5) is 11.4 Å². The molecule has 9 rings (SSSR count). The number of benzene rings is 5. The number of anilines is 2. The summed E-state index contributed by atoms with van der Waals surface area (Å²) in [5.41, 5.74) is 17.8. The predicted octanol–water partition coefficient (Wildman–Crippen LogP) is 11.3. The molecule has 1 atom stereocenters. The lowest BCUT2D eigenvalue weighted by molar-refractivity contribution is 0.575. The minimum Gasteiger partial charge on any atom is -0.317 e. The number of hydrazine groups is 1. The fraction of sp³-hybridized carbons (Fsp3) is 0.0682. The standard InChI is InChI=1S/C44H34N4S/c1-29-36(33-15-9-16-34(26-33)44-45-43(46-47-44)30-12-3-2-4-13-30)20-11-25-48(40-21-7-5-18-37(29)40)35-17-10-14-31(27-35)32-23-24-39-38-19-6-8-22-41(38)49-42(39)28-32/h3,5-28,44,47H,1-2,4H2,(H,45,46)/b25-11-,36-20+. The highest BCUT2D eigenvalue weighted by Gasteiger charge is 2.22. The third-order valence-electron chi connectivity index (χ3n) is 9.52. The van der Waals surface area contributed by atoms with Crippen molar-refractivity contribution < 1.29 is 0 Å². The number of hydrogen-bond acceptors (Lipinski definition) is 5. The number of aliphatic imine (C=N–C) groups is 1. The molecular weight excluding hydrogens is 617 g/mol. The van der Waals surface area contributed by atoms with Crippen LogP contribution in [-0.2, 0) is 0 Å². The van der Waals surface area contributed by atoms with E-state index in [1.54, 1.807) is 0 Å². The molecule has 2 aliphatic heterocycles. The number of thiophene rings is 1. The lowest BCUT2D eigenvalue weighted by Gasteiger charge is -2.27. The topological polar surface area (TPSA) is 39.7 Å². The normalized spacial score (nSPS) is 19.0. The van der Waals surface area contributed by atoms with E-state index in [9.17, 15) is 0 Å². The van der Waals surface area contributed by atoms with Crippen molar-refractivity contribution in [1.29, 1.82) is 0 Å². The van der Waals surface area contributed by atoms with E-state index in [-0.39, 0.29) is 6.17 Å². The summed E-state index contributed by atoms with van der Waals surface area (Å²) in [6.45, 7) is 4.66. The van der Waals surface area contributed by atoms with Gasteiger partial charge in [0, 0.05) is 43.2 Å². The maximum Gasteiger partial charge on any atom is 0.144 e. The maximum atomic E-state index is 4.97. The van der Waals surface area contributed by atoms with Crippen LogP contribution < -0.4 is 15.8 Å². The second-order valence-corrected chi connectivity index (χ2v) is 13.6. The summed E-state index contributed by atoms with van der Waals surface area (Å²) in [6, 6.07) is 41.5. The van der Waals surface area contributed by atoms with Crippen LogP contribution in [0.5, 0.6) is 0 Å². The molecule has 3 aliphatic rings. The molecule has 3 heterocycles. The van der Waals surface area contributed by atoms with E-state index in [0.717, 1.165) is 63.5 Å². The summed E-state index contributed by atoms with van der Waals surface area (Å²) < 4.78 is 2.63. The van der Waals surface area contributed by atoms with Crippen molar-refractivity contribution >= 4 is 59.9 Å². The molecule has 49 heavy (non-hydrogen) atoms. The number of amidine groups is 1. The van der Waals surface area contributed by atoms with E-state index in [1.165, 1.54) is 31.3 Å². The van der Waals surface area contributed by atoms with Crippen molar-refractivity contribution in [3.8, 4) is 11.1 Å². The third kappa shape index (κ3) is 5.43. The van der Waals surface area contributed by atoms with Crippen LogP contribution in [0, 0.1) is 0 Å². The Morgan fingerprint density at radius 2 is 1.59 bits per heavy atom. The Balaban J connectivity index is 1.05. The van der Waals surface area contributed by atoms with Crippen LogP contribution in [0.3, 0.4) is 0 Å². The smallest absolute Gasteiger partial charge is 0.144 e. The predicted molar refractivity (Wildman–Crippen MR) is 209 cm³/mol. The van der Waals surface area contributed by atoms with E-state index < -0.39 is 0 Å². The van der Waals surface area contributed by atoms with Crippen LogP contribution in [0.1, 0.15) is 35.7 Å². The number of para-hydroxylation sites is 1. The van der Waals surface area contributed by atoms with E-state index in [4.69, 9.17) is 4.99 Å². The molecule has 0 saturated heterocycles. The summed E-state index contributed by atoms with van der Waals surface area (Å²) in [4.78, 5) is 7.24. The molecule has 236 valence electrons. The van der Waals surface area contributed by atoms with Crippen LogP contribution in [0.2, 0.25) is 0 Å². The molecule has 5 aromatic carbocycles. The van der Waals surface area contributed by atoms with E-state index in [2.05, 4.69) is 174 Å². The van der Waals surface area contributed by atoms with Crippen molar-refractivity contribution in [2.75, 3.05) is 4.90 Å². The Hall–Kier alpha value is -5.75. The zero-order valence-electron chi connectivity index (χ0n) is 26.9. The van der Waals surface area contributed by atoms with Gasteiger partial charge in [0.15, 0.2) is 0 Å². The first-order valence-corrected chi connectivity index (χ1v) is 17.6. The second kappa shape index (κ2) is 12.4. The van der Waals surface area contributed by atoms with Crippen LogP contribution >= 0.6 is 11.3 Å². The van der Waals surface area contributed by atoms with Gasteiger partial charge in [0.05, 0.1) is 5.69 Å². The fourth-order valence-electron chi connectivity index (χ4n) is 7.03. The summed E-state index contributed by atoms with van der Waals surface area (Å²) in [5.74, 6) is 0.891. The molecule has 5 heteroatoms. The van der Waals surface area contributed by atoms with Crippen LogP contribution in [0.25, 0.3) is 42.4 Å². The molecule has 0 amide bonds. The Kier molecular flexibility index (Phi) is 7.42. The number of nitrogens with one attached hydrogen (secondary N) is 2. The average Bonchev–Trinajstić information content (AvgIpc) is 3.80. The molecule has 1 unspecified atom stereocenters. The molecule has 0 bridgehead atoms. The molecule has 2 N–H and O–H groups in total. The van der Waals surface area contributed by atoms with Gasteiger partial charge in [-0.3, -0.25) is 0 Å². The highest BCUT2D eigenvalue weighted by Crippen LogP contribution is 2.42. The van der Waals surface area contributed by atoms with Crippen molar-refractivity contribution in [3.63, 3.8) is 0 Å². The van der Waals surface area contributed by atoms with Gasteiger partial charge in [0.25, 0.3) is 0 Å². The van der Waals surface area contributed by atoms with Gasteiger partial charge in [-0.1, -0.05) is 110 Å². The van der Waals surface area contributed by atoms with Crippen molar-refractivity contribution in [2.24, 2.45) is 4.99 Å². The minimum absolute atomic E-state index is 0.168. The minimum atomic E-state index is -0.168. The molecule has 0 spiro atoms. The fourth-order valence-corrected chi connectivity index (χ4v) is 8.17. The summed E-state index contributed by atoms with van der Waals surface area (Å²) >= 11 is 1.86. The van der Waals surface area contributed by atoms with Gasteiger partial charge in [0.2, 0.25) is 0 Å². The lowest BCUT2D eigenvalue weighted by atomic mass is 9.90. The summed E-state index contributed by atoms with van der Waals surface area (Å²) in [6.07, 6.45) is 15.0. The zero-order chi connectivity index (χ0) is 32.7. The Labute approximate surface area is 290 Å². The van der Waals surface area contributed by atoms with E-state index in [0.29, 0.717) is 0 Å². The van der Waals surface area contributed by atoms with Gasteiger partial charge in [0.1, 0.15) is 12.0 Å². The van der Waals surface area contributed by atoms with Gasteiger partial charge >= 0.3 is 0 Å². The SMILES string of the molecule is C=C1/C(c2cccc(C3N=C(C4=CCCC=C4)NN3)c2)=C\C=C/N(c2cccc(-c3ccc4c(c3)sc3ccccc34)c2)c2ccccc21. The van der Waals surface area contributed by atoms with Gasteiger partial charge in [-0.2, -0.15) is 0 Å². The highest BCUT2D eigenvalue weighted by molar-refractivity contribution is 7.25. The highest BCUT2D eigenvalue weighted by atomic mass is 32.1. The number of hydrogen-bond donors (Lipinski definition) is 2. The molecule has 1 aromatic heterocycles.